The van der Waals surface area contributed by atoms with Gasteiger partial charge in [-0.05, 0) is 18.6 Å². The molecule has 0 amide bonds. The summed E-state index contributed by atoms with van der Waals surface area (Å²) < 4.78 is 12.5. The lowest BCUT2D eigenvalue weighted by atomic mass is 10.1. The molecule has 1 rings (SSSR count). The zero-order valence-corrected chi connectivity index (χ0v) is 7.47. The number of aromatic amines is 1. The molecule has 1 heterocycles. The maximum absolute atomic E-state index is 12.5. The number of aromatic nitrogens is 2. The van der Waals surface area contributed by atoms with Crippen LogP contribution in [0.2, 0.25) is 0 Å². The molecular weight excluding hydrogens is 167 g/mol. The van der Waals surface area contributed by atoms with Crippen molar-refractivity contribution in [2.75, 3.05) is 0 Å². The van der Waals surface area contributed by atoms with Gasteiger partial charge in [-0.2, -0.15) is 5.10 Å². The molecule has 68 valence electrons. The molecule has 1 aromatic heterocycles. The van der Waals surface area contributed by atoms with Crippen LogP contribution in [0.4, 0.5) is 4.39 Å². The van der Waals surface area contributed by atoms with Crippen molar-refractivity contribution in [1.29, 1.82) is 0 Å². The van der Waals surface area contributed by atoms with E-state index in [2.05, 4.69) is 23.4 Å². The molecule has 0 aliphatic carbocycles. The van der Waals surface area contributed by atoms with Gasteiger partial charge in [-0.1, -0.05) is 19.2 Å². The van der Waals surface area contributed by atoms with E-state index in [0.29, 0.717) is 5.57 Å². The summed E-state index contributed by atoms with van der Waals surface area (Å²) in [6.45, 7) is 8.63. The van der Waals surface area contributed by atoms with Crippen molar-refractivity contribution in [3.8, 4) is 0 Å². The summed E-state index contributed by atoms with van der Waals surface area (Å²) in [4.78, 5) is 0. The molecule has 0 fully saturated rings. The minimum absolute atomic E-state index is 0.496. The number of nitrogens with one attached hydrogen (secondary N) is 1. The van der Waals surface area contributed by atoms with E-state index in [0.717, 1.165) is 11.3 Å². The van der Waals surface area contributed by atoms with E-state index in [1.165, 1.54) is 6.08 Å². The van der Waals surface area contributed by atoms with Crippen LogP contribution in [0.5, 0.6) is 0 Å². The normalized spacial score (nSPS) is 11.4. The minimum Gasteiger partial charge on any atom is -0.278 e. The first-order valence-corrected chi connectivity index (χ1v) is 3.84. The van der Waals surface area contributed by atoms with Crippen LogP contribution >= 0.6 is 0 Å². The summed E-state index contributed by atoms with van der Waals surface area (Å²) in [6, 6.07) is 0. The molecule has 0 aliphatic heterocycles. The van der Waals surface area contributed by atoms with E-state index in [9.17, 15) is 4.39 Å². The Bertz CT molecular complexity index is 361. The molecule has 0 saturated heterocycles. The Morgan fingerprint density at radius 1 is 1.69 bits per heavy atom. The fraction of sp³-hybridized carbons (Fsp3) is 0.100. The van der Waals surface area contributed by atoms with Gasteiger partial charge in [0, 0.05) is 5.57 Å². The molecular formula is C10H11FN2. The van der Waals surface area contributed by atoms with Gasteiger partial charge in [-0.15, -0.1) is 0 Å². The Hall–Kier alpha value is -1.64. The molecule has 0 aliphatic rings. The smallest absolute Gasteiger partial charge is 0.116 e. The SMILES string of the molecule is C=C/C(=C\C(=C)F)c1[nH]ncc1C. The van der Waals surface area contributed by atoms with Gasteiger partial charge in [-0.25, -0.2) is 4.39 Å². The van der Waals surface area contributed by atoms with Crippen molar-refractivity contribution in [3.05, 3.63) is 48.6 Å². The van der Waals surface area contributed by atoms with Crippen LogP contribution < -0.4 is 0 Å². The Morgan fingerprint density at radius 2 is 2.38 bits per heavy atom. The molecule has 2 nitrogen and oxygen atoms in total. The van der Waals surface area contributed by atoms with Crippen molar-refractivity contribution in [1.82, 2.24) is 10.2 Å². The van der Waals surface area contributed by atoms with Crippen molar-refractivity contribution in [2.24, 2.45) is 0 Å². The van der Waals surface area contributed by atoms with E-state index in [1.54, 1.807) is 12.3 Å². The second-order valence-electron chi connectivity index (χ2n) is 2.68. The van der Waals surface area contributed by atoms with Gasteiger partial charge < -0.3 is 0 Å². The van der Waals surface area contributed by atoms with E-state index in [4.69, 9.17) is 0 Å². The number of nitrogens with zero attached hydrogens (tertiary/aromatic N) is 1. The zero-order chi connectivity index (χ0) is 9.84. The van der Waals surface area contributed by atoms with E-state index in [1.807, 2.05) is 6.92 Å². The van der Waals surface area contributed by atoms with Crippen LogP contribution in [0.1, 0.15) is 11.3 Å². The summed E-state index contributed by atoms with van der Waals surface area (Å²) in [6.07, 6.45) is 4.55. The average Bonchev–Trinajstić information content (AvgIpc) is 2.47. The molecule has 1 aromatic rings. The third kappa shape index (κ3) is 2.15. The summed E-state index contributed by atoms with van der Waals surface area (Å²) >= 11 is 0. The topological polar surface area (TPSA) is 28.7 Å². The van der Waals surface area contributed by atoms with Crippen LogP contribution in [0.3, 0.4) is 0 Å². The fourth-order valence-electron chi connectivity index (χ4n) is 1.04. The van der Waals surface area contributed by atoms with Gasteiger partial charge in [0.25, 0.3) is 0 Å². The summed E-state index contributed by atoms with van der Waals surface area (Å²) in [5, 5.41) is 6.60. The van der Waals surface area contributed by atoms with Gasteiger partial charge in [0.1, 0.15) is 5.83 Å². The van der Waals surface area contributed by atoms with Gasteiger partial charge in [0.05, 0.1) is 11.9 Å². The van der Waals surface area contributed by atoms with Crippen LogP contribution in [-0.2, 0) is 0 Å². The maximum Gasteiger partial charge on any atom is 0.116 e. The molecule has 0 spiro atoms. The number of hydrogen-bond donors (Lipinski definition) is 1. The Kier molecular flexibility index (Phi) is 2.80. The second kappa shape index (κ2) is 3.85. The Morgan fingerprint density at radius 3 is 2.77 bits per heavy atom. The minimum atomic E-state index is -0.496. The summed E-state index contributed by atoms with van der Waals surface area (Å²) in [7, 11) is 0. The largest absolute Gasteiger partial charge is 0.278 e. The Labute approximate surface area is 76.5 Å². The van der Waals surface area contributed by atoms with Crippen LogP contribution in [0.15, 0.2) is 37.3 Å². The molecule has 0 radical (unpaired) electrons. The highest BCUT2D eigenvalue weighted by molar-refractivity contribution is 5.74. The molecule has 0 bridgehead atoms. The van der Waals surface area contributed by atoms with Crippen LogP contribution in [-0.4, -0.2) is 10.2 Å². The Balaban J connectivity index is 3.11. The van der Waals surface area contributed by atoms with E-state index in [-0.39, 0.29) is 0 Å². The number of aryl methyl sites for hydroxylation is 1. The molecule has 3 heteroatoms. The molecule has 0 aromatic carbocycles. The standard InChI is InChI=1S/C10H11FN2/c1-4-9(5-8(3)11)10-7(2)6-12-13-10/h4-6H,1,3H2,2H3,(H,12,13)/b9-5+. The van der Waals surface area contributed by atoms with Crippen LogP contribution in [0.25, 0.3) is 5.57 Å². The predicted octanol–water partition coefficient (Wildman–Crippen LogP) is 2.77. The number of halogens is 1. The first kappa shape index (κ1) is 9.45. The lowest BCUT2D eigenvalue weighted by molar-refractivity contribution is 0.672. The average molecular weight is 178 g/mol. The third-order valence-electron chi connectivity index (χ3n) is 1.65. The van der Waals surface area contributed by atoms with Crippen LogP contribution in [0, 0.1) is 6.92 Å². The number of allylic oxidation sites excluding steroid dienone is 4. The van der Waals surface area contributed by atoms with Crippen molar-refractivity contribution in [3.63, 3.8) is 0 Å². The highest BCUT2D eigenvalue weighted by Crippen LogP contribution is 2.18. The van der Waals surface area contributed by atoms with Crippen molar-refractivity contribution < 1.29 is 4.39 Å². The number of hydrogen-bond acceptors (Lipinski definition) is 1. The number of H-pyrrole nitrogens is 1. The quantitative estimate of drug-likeness (QED) is 0.708. The first-order valence-electron chi connectivity index (χ1n) is 3.84. The van der Waals surface area contributed by atoms with E-state index >= 15 is 0 Å². The molecule has 1 N–H and O–H groups in total. The maximum atomic E-state index is 12.5. The zero-order valence-electron chi connectivity index (χ0n) is 7.47. The highest BCUT2D eigenvalue weighted by atomic mass is 19.1. The molecule has 13 heavy (non-hydrogen) atoms. The lowest BCUT2D eigenvalue weighted by Crippen LogP contribution is -1.84. The fourth-order valence-corrected chi connectivity index (χ4v) is 1.04. The monoisotopic (exact) mass is 178 g/mol. The number of rotatable bonds is 3. The summed E-state index contributed by atoms with van der Waals surface area (Å²) in [5.74, 6) is -0.496. The molecule has 0 atom stereocenters. The van der Waals surface area contributed by atoms with Crippen molar-refractivity contribution in [2.45, 2.75) is 6.92 Å². The molecule has 0 saturated carbocycles. The summed E-state index contributed by atoms with van der Waals surface area (Å²) in [5.41, 5.74) is 2.38. The predicted molar refractivity (Wildman–Crippen MR) is 51.7 cm³/mol. The van der Waals surface area contributed by atoms with Gasteiger partial charge in [0.15, 0.2) is 0 Å². The van der Waals surface area contributed by atoms with E-state index < -0.39 is 5.83 Å². The third-order valence-corrected chi connectivity index (χ3v) is 1.65. The first-order chi connectivity index (χ1) is 6.15. The molecule has 0 unspecified atom stereocenters. The van der Waals surface area contributed by atoms with Gasteiger partial charge in [-0.3, -0.25) is 5.10 Å². The second-order valence-corrected chi connectivity index (χ2v) is 2.68. The van der Waals surface area contributed by atoms with Gasteiger partial charge in [0.2, 0.25) is 0 Å². The lowest BCUT2D eigenvalue weighted by Gasteiger charge is -1.98. The van der Waals surface area contributed by atoms with Crippen molar-refractivity contribution >= 4 is 5.57 Å². The highest BCUT2D eigenvalue weighted by Gasteiger charge is 2.03. The van der Waals surface area contributed by atoms with Gasteiger partial charge >= 0.3 is 0 Å².